The first-order valence-electron chi connectivity index (χ1n) is 7.40. The lowest BCUT2D eigenvalue weighted by atomic mass is 10.0. The molecule has 1 aliphatic heterocycles. The zero-order valence-electron chi connectivity index (χ0n) is 12.3. The first kappa shape index (κ1) is 14.9. The van der Waals surface area contributed by atoms with Gasteiger partial charge < -0.3 is 15.3 Å². The van der Waals surface area contributed by atoms with E-state index in [1.165, 1.54) is 5.69 Å². The molecule has 0 saturated carbocycles. The average molecular weight is 276 g/mol. The van der Waals surface area contributed by atoms with Crippen molar-refractivity contribution in [3.63, 3.8) is 0 Å². The second kappa shape index (κ2) is 6.75. The second-order valence-corrected chi connectivity index (χ2v) is 5.48. The molecule has 1 aromatic rings. The van der Waals surface area contributed by atoms with E-state index in [9.17, 15) is 9.90 Å². The molecule has 0 unspecified atom stereocenters. The van der Waals surface area contributed by atoms with Gasteiger partial charge in [0, 0.05) is 31.7 Å². The highest BCUT2D eigenvalue weighted by molar-refractivity contribution is 5.73. The number of benzene rings is 1. The molecule has 0 aromatic heterocycles. The quantitative estimate of drug-likeness (QED) is 0.886. The first-order chi connectivity index (χ1) is 9.60. The number of nitrogens with one attached hydrogen (secondary N) is 1. The maximum Gasteiger partial charge on any atom is 0.217 e. The number of carbonyl (C=O) groups is 1. The van der Waals surface area contributed by atoms with Gasteiger partial charge in [-0.2, -0.15) is 0 Å². The Bertz CT molecular complexity index is 436. The molecule has 0 bridgehead atoms. The predicted octanol–water partition coefficient (Wildman–Crippen LogP) is 2.23. The smallest absolute Gasteiger partial charge is 0.217 e. The number of amides is 1. The molecule has 1 amide bonds. The maximum atomic E-state index is 11.0. The van der Waals surface area contributed by atoms with Gasteiger partial charge in [0.1, 0.15) is 0 Å². The summed E-state index contributed by atoms with van der Waals surface area (Å²) in [4.78, 5) is 13.4. The molecule has 4 heteroatoms. The molecule has 1 aromatic carbocycles. The number of anilines is 1. The van der Waals surface area contributed by atoms with Crippen LogP contribution in [0.3, 0.4) is 0 Å². The van der Waals surface area contributed by atoms with Crippen molar-refractivity contribution in [1.82, 2.24) is 5.32 Å². The number of piperidine rings is 1. The molecule has 1 aliphatic rings. The van der Waals surface area contributed by atoms with Crippen LogP contribution in [0.5, 0.6) is 0 Å². The summed E-state index contributed by atoms with van der Waals surface area (Å²) in [7, 11) is 0. The summed E-state index contributed by atoms with van der Waals surface area (Å²) in [6.45, 7) is 5.47. The van der Waals surface area contributed by atoms with E-state index in [-0.39, 0.29) is 12.0 Å². The van der Waals surface area contributed by atoms with Gasteiger partial charge in [-0.25, -0.2) is 0 Å². The number of hydrogen-bond donors (Lipinski definition) is 2. The monoisotopic (exact) mass is 276 g/mol. The van der Waals surface area contributed by atoms with E-state index in [1.54, 1.807) is 6.92 Å². The summed E-state index contributed by atoms with van der Waals surface area (Å²) in [6, 6.07) is 8.47. The lowest BCUT2D eigenvalue weighted by Gasteiger charge is -2.34. The fourth-order valence-corrected chi connectivity index (χ4v) is 2.71. The van der Waals surface area contributed by atoms with Crippen LogP contribution in [0.25, 0.3) is 0 Å². The van der Waals surface area contributed by atoms with Crippen molar-refractivity contribution in [3.05, 3.63) is 29.8 Å². The molecule has 4 nitrogen and oxygen atoms in total. The number of carbonyl (C=O) groups excluding carboxylic acids is 1. The number of aliphatic hydroxyl groups excluding tert-OH is 1. The van der Waals surface area contributed by atoms with E-state index < -0.39 is 0 Å². The van der Waals surface area contributed by atoms with E-state index in [2.05, 4.69) is 22.3 Å². The highest BCUT2D eigenvalue weighted by atomic mass is 16.3. The molecule has 0 radical (unpaired) electrons. The minimum atomic E-state index is -0.366. The van der Waals surface area contributed by atoms with Crippen LogP contribution in [0.2, 0.25) is 0 Å². The van der Waals surface area contributed by atoms with Crippen LogP contribution in [-0.4, -0.2) is 30.1 Å². The van der Waals surface area contributed by atoms with Gasteiger partial charge in [-0.1, -0.05) is 19.1 Å². The van der Waals surface area contributed by atoms with Gasteiger partial charge in [-0.3, -0.25) is 4.79 Å². The fourth-order valence-electron chi connectivity index (χ4n) is 2.71. The summed E-state index contributed by atoms with van der Waals surface area (Å²) in [5.41, 5.74) is 2.17. The Morgan fingerprint density at radius 3 is 2.45 bits per heavy atom. The van der Waals surface area contributed by atoms with E-state index in [4.69, 9.17) is 0 Å². The summed E-state index contributed by atoms with van der Waals surface area (Å²) in [6.07, 6.45) is 2.34. The fraction of sp³-hybridized carbons (Fsp3) is 0.562. The molecule has 1 fully saturated rings. The third-order valence-electron chi connectivity index (χ3n) is 3.93. The summed E-state index contributed by atoms with van der Waals surface area (Å²) < 4.78 is 0. The van der Waals surface area contributed by atoms with Crippen molar-refractivity contribution in [2.45, 2.75) is 45.3 Å². The average Bonchev–Trinajstić information content (AvgIpc) is 2.47. The molecule has 110 valence electrons. The van der Waals surface area contributed by atoms with Gasteiger partial charge in [-0.05, 0) is 37.0 Å². The molecule has 0 spiro atoms. The van der Waals surface area contributed by atoms with E-state index in [1.807, 2.05) is 19.1 Å². The Labute approximate surface area is 120 Å². The van der Waals surface area contributed by atoms with Crippen LogP contribution < -0.4 is 10.2 Å². The van der Waals surface area contributed by atoms with Crippen LogP contribution in [0.15, 0.2) is 24.3 Å². The van der Waals surface area contributed by atoms with Crippen LogP contribution in [0.1, 0.15) is 44.8 Å². The Balaban J connectivity index is 1.92. The minimum absolute atomic E-state index is 0.0568. The Hall–Kier alpha value is -1.55. The van der Waals surface area contributed by atoms with Gasteiger partial charge in [0.15, 0.2) is 0 Å². The number of nitrogens with zero attached hydrogens (tertiary/aromatic N) is 1. The molecular formula is C16H24N2O2. The van der Waals surface area contributed by atoms with E-state index >= 15 is 0 Å². The number of aliphatic hydroxyl groups is 1. The zero-order chi connectivity index (χ0) is 14.5. The van der Waals surface area contributed by atoms with Crippen molar-refractivity contribution < 1.29 is 9.90 Å². The van der Waals surface area contributed by atoms with Crippen molar-refractivity contribution >= 4 is 11.6 Å². The highest BCUT2D eigenvalue weighted by Gasteiger charge is 2.19. The third-order valence-corrected chi connectivity index (χ3v) is 3.93. The predicted molar refractivity (Wildman–Crippen MR) is 80.7 cm³/mol. The molecule has 1 saturated heterocycles. The summed E-state index contributed by atoms with van der Waals surface area (Å²) >= 11 is 0. The normalized spacial score (nSPS) is 17.9. The van der Waals surface area contributed by atoms with Crippen molar-refractivity contribution in [2.24, 2.45) is 0 Å². The Morgan fingerprint density at radius 2 is 1.95 bits per heavy atom. The molecule has 1 atom stereocenters. The van der Waals surface area contributed by atoms with Gasteiger partial charge in [0.25, 0.3) is 0 Å². The van der Waals surface area contributed by atoms with Gasteiger partial charge in [-0.15, -0.1) is 0 Å². The molecule has 0 aliphatic carbocycles. The molecule has 2 rings (SSSR count). The number of rotatable bonds is 4. The van der Waals surface area contributed by atoms with Gasteiger partial charge >= 0.3 is 0 Å². The van der Waals surface area contributed by atoms with E-state index in [0.29, 0.717) is 6.04 Å². The first-order valence-corrected chi connectivity index (χ1v) is 7.40. The molecule has 2 N–H and O–H groups in total. The second-order valence-electron chi connectivity index (χ2n) is 5.48. The lowest BCUT2D eigenvalue weighted by Crippen LogP contribution is -2.44. The van der Waals surface area contributed by atoms with Gasteiger partial charge in [0.05, 0.1) is 6.10 Å². The third kappa shape index (κ3) is 3.73. The molecular weight excluding hydrogens is 252 g/mol. The Kier molecular flexibility index (Phi) is 5.01. The SMILES string of the molecule is CC[C@@H](O)c1ccc(N2CCC(NC(C)=O)CC2)cc1. The van der Waals surface area contributed by atoms with Gasteiger partial charge in [0.2, 0.25) is 5.91 Å². The van der Waals surface area contributed by atoms with Crippen molar-refractivity contribution in [1.29, 1.82) is 0 Å². The molecule has 20 heavy (non-hydrogen) atoms. The zero-order valence-corrected chi connectivity index (χ0v) is 12.3. The maximum absolute atomic E-state index is 11.0. The molecule has 1 heterocycles. The summed E-state index contributed by atoms with van der Waals surface area (Å²) in [5.74, 6) is 0.0568. The largest absolute Gasteiger partial charge is 0.388 e. The van der Waals surface area contributed by atoms with Crippen molar-refractivity contribution in [2.75, 3.05) is 18.0 Å². The van der Waals surface area contributed by atoms with E-state index in [0.717, 1.165) is 37.9 Å². The van der Waals surface area contributed by atoms with Crippen LogP contribution in [0.4, 0.5) is 5.69 Å². The Morgan fingerprint density at radius 1 is 1.35 bits per heavy atom. The van der Waals surface area contributed by atoms with Crippen LogP contribution >= 0.6 is 0 Å². The highest BCUT2D eigenvalue weighted by Crippen LogP contribution is 2.23. The van der Waals surface area contributed by atoms with Crippen molar-refractivity contribution in [3.8, 4) is 0 Å². The number of hydrogen-bond acceptors (Lipinski definition) is 3. The minimum Gasteiger partial charge on any atom is -0.388 e. The van der Waals surface area contributed by atoms with Crippen LogP contribution in [0, 0.1) is 0 Å². The summed E-state index contributed by atoms with van der Waals surface area (Å²) in [5, 5.41) is 12.8. The standard InChI is InChI=1S/C16H24N2O2/c1-3-16(20)13-4-6-15(7-5-13)18-10-8-14(9-11-18)17-12(2)19/h4-7,14,16,20H,3,8-11H2,1-2H3,(H,17,19)/t16-/m1/s1. The lowest BCUT2D eigenvalue weighted by molar-refractivity contribution is -0.119. The topological polar surface area (TPSA) is 52.6 Å². The van der Waals surface area contributed by atoms with Crippen LogP contribution in [-0.2, 0) is 4.79 Å².